The molecule has 0 aliphatic heterocycles. The maximum Gasteiger partial charge on any atom is 0.0645 e. The zero-order chi connectivity index (χ0) is 12.1. The van der Waals surface area contributed by atoms with Crippen molar-refractivity contribution in [3.05, 3.63) is 54.4 Å². The molecule has 3 nitrogen and oxygen atoms in total. The predicted molar refractivity (Wildman–Crippen MR) is 71.1 cm³/mol. The number of nitrogens with one attached hydrogen (secondary N) is 1. The highest BCUT2D eigenvalue weighted by atomic mass is 15.3. The Labute approximate surface area is 102 Å². The summed E-state index contributed by atoms with van der Waals surface area (Å²) < 4.78 is 1.88. The summed E-state index contributed by atoms with van der Waals surface area (Å²) in [6.07, 6.45) is 8.08. The predicted octanol–water partition coefficient (Wildman–Crippen LogP) is 2.49. The summed E-state index contributed by atoms with van der Waals surface area (Å²) in [6, 6.07) is 10.5. The summed E-state index contributed by atoms with van der Waals surface area (Å²) in [5, 5.41) is 7.49. The molecule has 0 aliphatic rings. The van der Waals surface area contributed by atoms with Crippen LogP contribution in [0.5, 0.6) is 0 Å². The first-order chi connectivity index (χ1) is 8.29. The van der Waals surface area contributed by atoms with Crippen LogP contribution in [0.2, 0.25) is 0 Å². The molecule has 0 fully saturated rings. The number of rotatable bonds is 4. The molecule has 0 amide bonds. The van der Waals surface area contributed by atoms with Crippen LogP contribution in [0, 0.1) is 0 Å². The second kappa shape index (κ2) is 5.46. The molecule has 0 radical (unpaired) electrons. The van der Waals surface area contributed by atoms with Crippen LogP contribution in [0.4, 0.5) is 0 Å². The minimum Gasteiger partial charge on any atom is -0.314 e. The van der Waals surface area contributed by atoms with Crippen LogP contribution in [0.3, 0.4) is 0 Å². The molecule has 2 aromatic rings. The number of aromatic nitrogens is 2. The first kappa shape index (κ1) is 11.6. The van der Waals surface area contributed by atoms with Gasteiger partial charge in [0.2, 0.25) is 0 Å². The minimum atomic E-state index is 0.370. The lowest BCUT2D eigenvalue weighted by Gasteiger charge is -2.01. The maximum absolute atomic E-state index is 4.34. The van der Waals surface area contributed by atoms with Crippen molar-refractivity contribution < 1.29 is 0 Å². The first-order valence-electron chi connectivity index (χ1n) is 5.75. The van der Waals surface area contributed by atoms with Crippen molar-refractivity contribution in [2.24, 2.45) is 0 Å². The van der Waals surface area contributed by atoms with Crippen LogP contribution < -0.4 is 5.32 Å². The first-order valence-corrected chi connectivity index (χ1v) is 5.75. The smallest absolute Gasteiger partial charge is 0.0645 e. The fourth-order valence-corrected chi connectivity index (χ4v) is 1.50. The van der Waals surface area contributed by atoms with E-state index in [0.29, 0.717) is 6.04 Å². The third-order valence-electron chi connectivity index (χ3n) is 2.66. The van der Waals surface area contributed by atoms with E-state index in [-0.39, 0.29) is 0 Å². The van der Waals surface area contributed by atoms with Gasteiger partial charge in [-0.1, -0.05) is 30.4 Å². The third-order valence-corrected chi connectivity index (χ3v) is 2.66. The Bertz CT molecular complexity index is 485. The Morgan fingerprint density at radius 3 is 2.76 bits per heavy atom. The Morgan fingerprint density at radius 1 is 1.29 bits per heavy atom. The van der Waals surface area contributed by atoms with E-state index in [2.05, 4.69) is 29.5 Å². The fraction of sp³-hybridized carbons (Fsp3) is 0.214. The quantitative estimate of drug-likeness (QED) is 0.869. The molecule has 1 aromatic heterocycles. The molecule has 0 saturated heterocycles. The molecule has 0 bridgehead atoms. The van der Waals surface area contributed by atoms with E-state index >= 15 is 0 Å². The van der Waals surface area contributed by atoms with Crippen molar-refractivity contribution in [2.45, 2.75) is 13.0 Å². The molecule has 1 N–H and O–H groups in total. The van der Waals surface area contributed by atoms with Crippen molar-refractivity contribution >= 4 is 6.08 Å². The summed E-state index contributed by atoms with van der Waals surface area (Å²) in [4.78, 5) is 0. The van der Waals surface area contributed by atoms with Crippen LogP contribution in [-0.4, -0.2) is 22.9 Å². The highest BCUT2D eigenvalue weighted by molar-refractivity contribution is 5.48. The molecule has 1 heterocycles. The third kappa shape index (κ3) is 3.04. The van der Waals surface area contributed by atoms with Gasteiger partial charge in [0.15, 0.2) is 0 Å². The Morgan fingerprint density at radius 2 is 2.06 bits per heavy atom. The van der Waals surface area contributed by atoms with Gasteiger partial charge >= 0.3 is 0 Å². The molecule has 88 valence electrons. The topological polar surface area (TPSA) is 29.9 Å². The van der Waals surface area contributed by atoms with Crippen molar-refractivity contribution in [1.82, 2.24) is 15.1 Å². The normalized spacial score (nSPS) is 13.1. The molecule has 1 aromatic carbocycles. The lowest BCUT2D eigenvalue weighted by Crippen LogP contribution is -2.17. The van der Waals surface area contributed by atoms with Crippen LogP contribution in [-0.2, 0) is 0 Å². The van der Waals surface area contributed by atoms with E-state index in [1.807, 2.05) is 54.5 Å². The highest BCUT2D eigenvalue weighted by Gasteiger charge is 1.98. The zero-order valence-electron chi connectivity index (χ0n) is 10.2. The van der Waals surface area contributed by atoms with Crippen LogP contribution in [0.25, 0.3) is 11.8 Å². The second-order valence-electron chi connectivity index (χ2n) is 3.99. The van der Waals surface area contributed by atoms with Gasteiger partial charge in [-0.2, -0.15) is 5.10 Å². The molecular weight excluding hydrogens is 210 g/mol. The van der Waals surface area contributed by atoms with E-state index in [9.17, 15) is 0 Å². The van der Waals surface area contributed by atoms with Gasteiger partial charge in [-0.25, -0.2) is 4.68 Å². The van der Waals surface area contributed by atoms with Crippen molar-refractivity contribution in [3.63, 3.8) is 0 Å². The molecule has 0 saturated carbocycles. The molecule has 0 aliphatic carbocycles. The van der Waals surface area contributed by atoms with Gasteiger partial charge in [0, 0.05) is 17.8 Å². The number of benzene rings is 1. The molecule has 17 heavy (non-hydrogen) atoms. The number of hydrogen-bond donors (Lipinski definition) is 1. The maximum atomic E-state index is 4.34. The van der Waals surface area contributed by atoms with E-state index in [1.54, 1.807) is 0 Å². The van der Waals surface area contributed by atoms with Crippen molar-refractivity contribution in [2.75, 3.05) is 7.05 Å². The Balaban J connectivity index is 2.14. The largest absolute Gasteiger partial charge is 0.314 e. The number of nitrogens with zero attached hydrogens (tertiary/aromatic N) is 2. The minimum absolute atomic E-state index is 0.370. The van der Waals surface area contributed by atoms with Gasteiger partial charge in [-0.3, -0.25) is 0 Å². The SMILES string of the molecule is CNC(C)/C=C/c1cnn(-c2ccccc2)c1. The van der Waals surface area contributed by atoms with Crippen LogP contribution in [0.15, 0.2) is 48.8 Å². The summed E-state index contributed by atoms with van der Waals surface area (Å²) >= 11 is 0. The van der Waals surface area contributed by atoms with Crippen LogP contribution in [0.1, 0.15) is 12.5 Å². The summed E-state index contributed by atoms with van der Waals surface area (Å²) in [5.41, 5.74) is 2.18. The lowest BCUT2D eigenvalue weighted by molar-refractivity contribution is 0.731. The molecule has 2 rings (SSSR count). The second-order valence-corrected chi connectivity index (χ2v) is 3.99. The van der Waals surface area contributed by atoms with Crippen molar-refractivity contribution in [3.8, 4) is 5.69 Å². The molecule has 3 heteroatoms. The number of likely N-dealkylation sites (N-methyl/N-ethyl adjacent to an activating group) is 1. The zero-order valence-corrected chi connectivity index (χ0v) is 10.2. The highest BCUT2D eigenvalue weighted by Crippen LogP contribution is 2.08. The van der Waals surface area contributed by atoms with Gasteiger partial charge in [-0.05, 0) is 26.1 Å². The van der Waals surface area contributed by atoms with E-state index in [1.165, 1.54) is 0 Å². The van der Waals surface area contributed by atoms with E-state index < -0.39 is 0 Å². The Kier molecular flexibility index (Phi) is 3.73. The van der Waals surface area contributed by atoms with Gasteiger partial charge in [0.25, 0.3) is 0 Å². The van der Waals surface area contributed by atoms with Crippen LogP contribution >= 0.6 is 0 Å². The van der Waals surface area contributed by atoms with Gasteiger partial charge < -0.3 is 5.32 Å². The molecule has 0 spiro atoms. The Hall–Kier alpha value is -1.87. The lowest BCUT2D eigenvalue weighted by atomic mass is 10.2. The van der Waals surface area contributed by atoms with E-state index in [4.69, 9.17) is 0 Å². The average molecular weight is 227 g/mol. The number of hydrogen-bond acceptors (Lipinski definition) is 2. The summed E-state index contributed by atoms with van der Waals surface area (Å²) in [5.74, 6) is 0. The standard InChI is InChI=1S/C14H17N3/c1-12(15-2)8-9-13-10-16-17(11-13)14-6-4-3-5-7-14/h3-12,15H,1-2H3/b9-8+. The summed E-state index contributed by atoms with van der Waals surface area (Å²) in [7, 11) is 1.95. The summed E-state index contributed by atoms with van der Waals surface area (Å²) in [6.45, 7) is 2.11. The molecule has 1 atom stereocenters. The van der Waals surface area contributed by atoms with Crippen molar-refractivity contribution in [1.29, 1.82) is 0 Å². The number of para-hydroxylation sites is 1. The molecular formula is C14H17N3. The van der Waals surface area contributed by atoms with Gasteiger partial charge in [-0.15, -0.1) is 0 Å². The van der Waals surface area contributed by atoms with E-state index in [0.717, 1.165) is 11.3 Å². The van der Waals surface area contributed by atoms with Gasteiger partial charge in [0.05, 0.1) is 11.9 Å². The van der Waals surface area contributed by atoms with Gasteiger partial charge in [0.1, 0.15) is 0 Å². The monoisotopic (exact) mass is 227 g/mol. The average Bonchev–Trinajstić information content (AvgIpc) is 2.86. The fourth-order valence-electron chi connectivity index (χ4n) is 1.50. The molecule has 1 unspecified atom stereocenters.